The quantitative estimate of drug-likeness (QED) is 0.320. The van der Waals surface area contributed by atoms with Crippen LogP contribution < -0.4 is 5.32 Å². The van der Waals surface area contributed by atoms with Crippen molar-refractivity contribution in [3.05, 3.63) is 103 Å². The minimum absolute atomic E-state index is 0.164. The molecule has 0 unspecified atom stereocenters. The first-order valence-electron chi connectivity index (χ1n) is 10.6. The second-order valence-electron chi connectivity index (χ2n) is 7.81. The largest absolute Gasteiger partial charge is 0.338 e. The molecule has 1 amide bonds. The second kappa shape index (κ2) is 7.76. The zero-order valence-electron chi connectivity index (χ0n) is 17.5. The standard InChI is InChI=1S/C27H19N5O/c33-27(19-11-9-17(10-12-19)25-29-21-5-1-2-6-22(21)30-25)28-20-15-13-18(14-16-20)26-31-23-7-3-4-8-24(23)32-26/h1-16H,(H,28,33)(H,29,30)(H,31,32). The topological polar surface area (TPSA) is 86.5 Å². The Morgan fingerprint density at radius 1 is 0.606 bits per heavy atom. The van der Waals surface area contributed by atoms with E-state index in [0.717, 1.165) is 50.5 Å². The zero-order valence-corrected chi connectivity index (χ0v) is 17.5. The van der Waals surface area contributed by atoms with Gasteiger partial charge in [0.15, 0.2) is 0 Å². The highest BCUT2D eigenvalue weighted by Gasteiger charge is 2.10. The van der Waals surface area contributed by atoms with Crippen LogP contribution in [0.1, 0.15) is 10.4 Å². The lowest BCUT2D eigenvalue weighted by molar-refractivity contribution is 0.102. The van der Waals surface area contributed by atoms with Crippen molar-refractivity contribution in [3.8, 4) is 22.8 Å². The molecule has 0 aliphatic carbocycles. The molecule has 2 heterocycles. The van der Waals surface area contributed by atoms with Crippen LogP contribution in [-0.4, -0.2) is 25.8 Å². The molecular weight excluding hydrogens is 410 g/mol. The maximum atomic E-state index is 12.7. The van der Waals surface area contributed by atoms with Gasteiger partial charge in [0.1, 0.15) is 11.6 Å². The van der Waals surface area contributed by atoms with E-state index in [1.807, 2.05) is 84.9 Å². The average molecular weight is 429 g/mol. The average Bonchev–Trinajstić information content (AvgIpc) is 3.49. The predicted octanol–water partition coefficient (Wildman–Crippen LogP) is 6.03. The first-order valence-corrected chi connectivity index (χ1v) is 10.6. The molecule has 0 radical (unpaired) electrons. The fourth-order valence-corrected chi connectivity index (χ4v) is 3.87. The van der Waals surface area contributed by atoms with Crippen molar-refractivity contribution < 1.29 is 4.79 Å². The molecule has 0 spiro atoms. The van der Waals surface area contributed by atoms with Crippen molar-refractivity contribution >= 4 is 33.7 Å². The SMILES string of the molecule is O=C(Nc1ccc(-c2nc3ccccc3[nH]2)cc1)c1ccc(-c2nc3ccccc3[nH]2)cc1. The highest BCUT2D eigenvalue weighted by atomic mass is 16.1. The highest BCUT2D eigenvalue weighted by Crippen LogP contribution is 2.23. The van der Waals surface area contributed by atoms with E-state index in [4.69, 9.17) is 0 Å². The molecule has 2 aromatic heterocycles. The van der Waals surface area contributed by atoms with Crippen molar-refractivity contribution in [2.45, 2.75) is 0 Å². The van der Waals surface area contributed by atoms with Crippen LogP contribution in [-0.2, 0) is 0 Å². The number of aromatic amines is 2. The van der Waals surface area contributed by atoms with Crippen LogP contribution in [0.4, 0.5) is 5.69 Å². The number of rotatable bonds is 4. The molecule has 6 rings (SSSR count). The van der Waals surface area contributed by atoms with E-state index in [1.165, 1.54) is 0 Å². The Bertz CT molecular complexity index is 1530. The number of aromatic nitrogens is 4. The number of nitrogens with zero attached hydrogens (tertiary/aromatic N) is 2. The van der Waals surface area contributed by atoms with Crippen LogP contribution in [0, 0.1) is 0 Å². The van der Waals surface area contributed by atoms with Crippen molar-refractivity contribution in [1.82, 2.24) is 19.9 Å². The van der Waals surface area contributed by atoms with Gasteiger partial charge in [-0.15, -0.1) is 0 Å². The number of para-hydroxylation sites is 4. The lowest BCUT2D eigenvalue weighted by atomic mass is 10.1. The minimum Gasteiger partial charge on any atom is -0.338 e. The molecule has 0 saturated carbocycles. The number of imidazole rings is 2. The molecule has 0 aliphatic heterocycles. The summed E-state index contributed by atoms with van der Waals surface area (Å²) in [5.41, 5.74) is 7.02. The van der Waals surface area contributed by atoms with Gasteiger partial charge >= 0.3 is 0 Å². The van der Waals surface area contributed by atoms with Crippen molar-refractivity contribution in [1.29, 1.82) is 0 Å². The third kappa shape index (κ3) is 3.64. The van der Waals surface area contributed by atoms with Crippen LogP contribution in [0.3, 0.4) is 0 Å². The maximum Gasteiger partial charge on any atom is 0.255 e. The highest BCUT2D eigenvalue weighted by molar-refractivity contribution is 6.04. The van der Waals surface area contributed by atoms with Gasteiger partial charge < -0.3 is 15.3 Å². The molecule has 6 heteroatoms. The Hall–Kier alpha value is -4.71. The van der Waals surface area contributed by atoms with Crippen LogP contribution in [0.5, 0.6) is 0 Å². The molecule has 0 saturated heterocycles. The number of carbonyl (C=O) groups excluding carboxylic acids is 1. The summed E-state index contributed by atoms with van der Waals surface area (Å²) in [5, 5.41) is 2.95. The molecule has 3 N–H and O–H groups in total. The normalized spacial score (nSPS) is 11.2. The van der Waals surface area contributed by atoms with E-state index in [0.29, 0.717) is 5.56 Å². The third-order valence-corrected chi connectivity index (χ3v) is 5.62. The predicted molar refractivity (Wildman–Crippen MR) is 131 cm³/mol. The van der Waals surface area contributed by atoms with E-state index < -0.39 is 0 Å². The number of hydrogen-bond acceptors (Lipinski definition) is 3. The first-order chi connectivity index (χ1) is 16.2. The summed E-state index contributed by atoms with van der Waals surface area (Å²) in [6.07, 6.45) is 0. The maximum absolute atomic E-state index is 12.7. The molecule has 4 aromatic carbocycles. The van der Waals surface area contributed by atoms with Crippen molar-refractivity contribution in [2.75, 3.05) is 5.32 Å². The van der Waals surface area contributed by atoms with Gasteiger partial charge in [0.05, 0.1) is 22.1 Å². The monoisotopic (exact) mass is 429 g/mol. The number of fused-ring (bicyclic) bond motifs is 2. The van der Waals surface area contributed by atoms with Crippen molar-refractivity contribution in [3.63, 3.8) is 0 Å². The number of hydrogen-bond donors (Lipinski definition) is 3. The van der Waals surface area contributed by atoms with Crippen LogP contribution in [0.15, 0.2) is 97.1 Å². The molecule has 0 bridgehead atoms. The molecule has 0 aliphatic rings. The second-order valence-corrected chi connectivity index (χ2v) is 7.81. The van der Waals surface area contributed by atoms with Crippen LogP contribution in [0.2, 0.25) is 0 Å². The lowest BCUT2D eigenvalue weighted by Gasteiger charge is -2.07. The number of nitrogens with one attached hydrogen (secondary N) is 3. The molecule has 158 valence electrons. The Kier molecular flexibility index (Phi) is 4.47. The van der Waals surface area contributed by atoms with Crippen LogP contribution in [0.25, 0.3) is 44.8 Å². The fourth-order valence-electron chi connectivity index (χ4n) is 3.87. The first kappa shape index (κ1) is 19.0. The fraction of sp³-hybridized carbons (Fsp3) is 0. The van der Waals surface area contributed by atoms with Gasteiger partial charge in [0.2, 0.25) is 0 Å². The molecule has 33 heavy (non-hydrogen) atoms. The van der Waals surface area contributed by atoms with Gasteiger partial charge in [-0.1, -0.05) is 36.4 Å². The van der Waals surface area contributed by atoms with E-state index in [-0.39, 0.29) is 5.91 Å². The van der Waals surface area contributed by atoms with Gasteiger partial charge in [-0.2, -0.15) is 0 Å². The van der Waals surface area contributed by atoms with Crippen molar-refractivity contribution in [2.24, 2.45) is 0 Å². The molecular formula is C27H19N5O. The number of anilines is 1. The van der Waals surface area contributed by atoms with Gasteiger partial charge in [-0.05, 0) is 60.7 Å². The van der Waals surface area contributed by atoms with E-state index in [1.54, 1.807) is 12.1 Å². The van der Waals surface area contributed by atoms with E-state index >= 15 is 0 Å². The summed E-state index contributed by atoms with van der Waals surface area (Å²) >= 11 is 0. The van der Waals surface area contributed by atoms with Crippen LogP contribution >= 0.6 is 0 Å². The number of benzene rings is 4. The summed E-state index contributed by atoms with van der Waals surface area (Å²) < 4.78 is 0. The lowest BCUT2D eigenvalue weighted by Crippen LogP contribution is -2.11. The molecule has 6 nitrogen and oxygen atoms in total. The Labute approximate surface area is 189 Å². The summed E-state index contributed by atoms with van der Waals surface area (Å²) in [5.74, 6) is 1.42. The van der Waals surface area contributed by atoms with Gasteiger partial charge in [-0.3, -0.25) is 4.79 Å². The molecule has 0 fully saturated rings. The summed E-state index contributed by atoms with van der Waals surface area (Å²) in [6, 6.07) is 30.9. The summed E-state index contributed by atoms with van der Waals surface area (Å²) in [7, 11) is 0. The Balaban J connectivity index is 1.17. The Morgan fingerprint density at radius 2 is 1.09 bits per heavy atom. The third-order valence-electron chi connectivity index (χ3n) is 5.62. The van der Waals surface area contributed by atoms with Gasteiger partial charge in [0.25, 0.3) is 5.91 Å². The van der Waals surface area contributed by atoms with E-state index in [2.05, 4.69) is 25.3 Å². The van der Waals surface area contributed by atoms with Gasteiger partial charge in [-0.25, -0.2) is 9.97 Å². The number of H-pyrrole nitrogens is 2. The molecule has 0 atom stereocenters. The van der Waals surface area contributed by atoms with Gasteiger partial charge in [0, 0.05) is 22.4 Å². The summed E-state index contributed by atoms with van der Waals surface area (Å²) in [4.78, 5) is 28.6. The minimum atomic E-state index is -0.164. The van der Waals surface area contributed by atoms with E-state index in [9.17, 15) is 4.79 Å². The smallest absolute Gasteiger partial charge is 0.255 e. The number of amides is 1. The number of carbonyl (C=O) groups is 1. The molecule has 6 aromatic rings. The zero-order chi connectivity index (χ0) is 22.2. The Morgan fingerprint density at radius 3 is 1.61 bits per heavy atom. The summed E-state index contributed by atoms with van der Waals surface area (Å²) in [6.45, 7) is 0.